The van der Waals surface area contributed by atoms with Crippen molar-refractivity contribution >= 4 is 5.91 Å². The number of ether oxygens (including phenoxy) is 2. The van der Waals surface area contributed by atoms with Crippen LogP contribution < -0.4 is 9.47 Å². The summed E-state index contributed by atoms with van der Waals surface area (Å²) in [6.07, 6.45) is 6.37. The number of hydrogen-bond acceptors (Lipinski definition) is 5. The molecule has 1 aliphatic heterocycles. The van der Waals surface area contributed by atoms with Crippen molar-refractivity contribution in [3.63, 3.8) is 0 Å². The summed E-state index contributed by atoms with van der Waals surface area (Å²) in [5, 5.41) is 0. The molecule has 1 aromatic carbocycles. The highest BCUT2D eigenvalue weighted by molar-refractivity contribution is 5.79. The van der Waals surface area contributed by atoms with Gasteiger partial charge in [-0.05, 0) is 42.0 Å². The first kappa shape index (κ1) is 18.9. The zero-order valence-electron chi connectivity index (χ0n) is 16.3. The van der Waals surface area contributed by atoms with Crippen LogP contribution in [0, 0.1) is 0 Å². The van der Waals surface area contributed by atoms with Gasteiger partial charge in [0.15, 0.2) is 0 Å². The summed E-state index contributed by atoms with van der Waals surface area (Å²) in [5.74, 6) is 1.63. The van der Waals surface area contributed by atoms with Crippen LogP contribution in [0.3, 0.4) is 0 Å². The molecule has 3 aromatic rings. The average Bonchev–Trinajstić information content (AvgIpc) is 3.24. The van der Waals surface area contributed by atoms with Gasteiger partial charge < -0.3 is 14.4 Å². The molecule has 1 atom stereocenters. The second-order valence-electron chi connectivity index (χ2n) is 6.98. The topological polar surface area (TPSA) is 64.5 Å². The highest BCUT2D eigenvalue weighted by Gasteiger charge is 2.28. The van der Waals surface area contributed by atoms with Gasteiger partial charge in [0.1, 0.15) is 23.3 Å². The first-order valence-electron chi connectivity index (χ1n) is 9.65. The summed E-state index contributed by atoms with van der Waals surface area (Å²) in [6, 6.07) is 15.2. The van der Waals surface area contributed by atoms with E-state index in [1.807, 2.05) is 53.4 Å². The Balaban J connectivity index is 1.38. The monoisotopic (exact) mass is 389 g/mol. The molecule has 0 spiro atoms. The summed E-state index contributed by atoms with van der Waals surface area (Å²) < 4.78 is 11.4. The number of carbonyl (C=O) groups excluding carboxylic acids is 1. The van der Waals surface area contributed by atoms with Crippen molar-refractivity contribution in [2.45, 2.75) is 18.9 Å². The van der Waals surface area contributed by atoms with E-state index in [0.717, 1.165) is 34.7 Å². The Bertz CT molecular complexity index is 961. The first-order chi connectivity index (χ1) is 14.2. The van der Waals surface area contributed by atoms with Crippen LogP contribution in [0.2, 0.25) is 0 Å². The Labute approximate surface area is 170 Å². The lowest BCUT2D eigenvalue weighted by atomic mass is 10.1. The van der Waals surface area contributed by atoms with Gasteiger partial charge in [0.25, 0.3) is 0 Å². The first-order valence-corrected chi connectivity index (χ1v) is 9.65. The molecule has 1 unspecified atom stereocenters. The van der Waals surface area contributed by atoms with Crippen LogP contribution in [0.5, 0.6) is 11.5 Å². The van der Waals surface area contributed by atoms with Crippen molar-refractivity contribution in [3.8, 4) is 22.8 Å². The fourth-order valence-electron chi connectivity index (χ4n) is 3.47. The van der Waals surface area contributed by atoms with E-state index in [1.165, 1.54) is 0 Å². The largest absolute Gasteiger partial charge is 0.497 e. The van der Waals surface area contributed by atoms with Gasteiger partial charge in [-0.15, -0.1) is 0 Å². The maximum absolute atomic E-state index is 12.7. The number of hydrogen-bond donors (Lipinski definition) is 0. The third-order valence-corrected chi connectivity index (χ3v) is 5.03. The van der Waals surface area contributed by atoms with Crippen molar-refractivity contribution in [1.29, 1.82) is 0 Å². The van der Waals surface area contributed by atoms with Crippen LogP contribution in [0.1, 0.15) is 12.0 Å². The van der Waals surface area contributed by atoms with Crippen LogP contribution in [-0.4, -0.2) is 47.1 Å². The van der Waals surface area contributed by atoms with Crippen LogP contribution >= 0.6 is 0 Å². The molecule has 0 N–H and O–H groups in total. The van der Waals surface area contributed by atoms with Gasteiger partial charge in [-0.3, -0.25) is 14.8 Å². The van der Waals surface area contributed by atoms with Gasteiger partial charge in [0.05, 0.1) is 20.1 Å². The molecule has 6 heteroatoms. The lowest BCUT2D eigenvalue weighted by Crippen LogP contribution is -2.32. The molecule has 1 amide bonds. The number of nitrogens with zero attached hydrogens (tertiary/aromatic N) is 3. The minimum atomic E-state index is -0.0420. The Hall–Kier alpha value is -3.41. The van der Waals surface area contributed by atoms with E-state index in [4.69, 9.17) is 9.47 Å². The Morgan fingerprint density at radius 1 is 1.10 bits per heavy atom. The minimum absolute atomic E-state index is 0.0420. The average molecular weight is 389 g/mol. The number of benzene rings is 1. The van der Waals surface area contributed by atoms with E-state index in [0.29, 0.717) is 19.5 Å². The van der Waals surface area contributed by atoms with Crippen molar-refractivity contribution < 1.29 is 14.3 Å². The summed E-state index contributed by atoms with van der Waals surface area (Å²) in [4.78, 5) is 23.1. The Morgan fingerprint density at radius 2 is 1.90 bits per heavy atom. The molecule has 148 valence electrons. The third-order valence-electron chi connectivity index (χ3n) is 5.03. The molecule has 0 radical (unpaired) electrons. The standard InChI is InChI=1S/C23H23N3O3/c1-28-19-6-4-17(5-7-19)15-22(27)26-14-10-20(16-26)29-21-3-2-11-25-23(21)18-8-12-24-13-9-18/h2-9,11-13,20H,10,14-16H2,1H3. The van der Waals surface area contributed by atoms with Crippen molar-refractivity contribution in [2.75, 3.05) is 20.2 Å². The number of likely N-dealkylation sites (tertiary alicyclic amines) is 1. The summed E-state index contributed by atoms with van der Waals surface area (Å²) >= 11 is 0. The Morgan fingerprint density at radius 3 is 2.66 bits per heavy atom. The van der Waals surface area contributed by atoms with Crippen molar-refractivity contribution in [2.24, 2.45) is 0 Å². The molecule has 2 aromatic heterocycles. The van der Waals surface area contributed by atoms with Crippen LogP contribution in [0.4, 0.5) is 0 Å². The van der Waals surface area contributed by atoms with Crippen molar-refractivity contribution in [3.05, 3.63) is 72.7 Å². The zero-order chi connectivity index (χ0) is 20.1. The molecule has 29 heavy (non-hydrogen) atoms. The number of amides is 1. The molecule has 1 aliphatic rings. The lowest BCUT2D eigenvalue weighted by molar-refractivity contribution is -0.129. The molecular weight excluding hydrogens is 366 g/mol. The number of rotatable bonds is 6. The zero-order valence-corrected chi connectivity index (χ0v) is 16.3. The quantitative estimate of drug-likeness (QED) is 0.647. The van der Waals surface area contributed by atoms with E-state index in [2.05, 4.69) is 9.97 Å². The molecule has 6 nitrogen and oxygen atoms in total. The molecule has 0 saturated carbocycles. The van der Waals surface area contributed by atoms with Crippen LogP contribution in [0.15, 0.2) is 67.1 Å². The van der Waals surface area contributed by atoms with E-state index < -0.39 is 0 Å². The summed E-state index contributed by atoms with van der Waals surface area (Å²) in [6.45, 7) is 1.28. The van der Waals surface area contributed by atoms with Crippen LogP contribution in [-0.2, 0) is 11.2 Å². The fraction of sp³-hybridized carbons (Fsp3) is 0.261. The maximum Gasteiger partial charge on any atom is 0.227 e. The molecular formula is C23H23N3O3. The van der Waals surface area contributed by atoms with Gasteiger partial charge in [0, 0.05) is 37.1 Å². The fourth-order valence-corrected chi connectivity index (χ4v) is 3.47. The third kappa shape index (κ3) is 4.54. The second-order valence-corrected chi connectivity index (χ2v) is 6.98. The minimum Gasteiger partial charge on any atom is -0.497 e. The van der Waals surface area contributed by atoms with Crippen LogP contribution in [0.25, 0.3) is 11.3 Å². The molecule has 4 rings (SSSR count). The number of methoxy groups -OCH3 is 1. The normalized spacial score (nSPS) is 15.9. The Kier molecular flexibility index (Phi) is 5.70. The highest BCUT2D eigenvalue weighted by Crippen LogP contribution is 2.29. The lowest BCUT2D eigenvalue weighted by Gasteiger charge is -2.18. The smallest absolute Gasteiger partial charge is 0.227 e. The van der Waals surface area contributed by atoms with E-state index in [1.54, 1.807) is 25.7 Å². The van der Waals surface area contributed by atoms with E-state index in [-0.39, 0.29) is 12.0 Å². The summed E-state index contributed by atoms with van der Waals surface area (Å²) in [7, 11) is 1.63. The molecule has 1 fully saturated rings. The van der Waals surface area contributed by atoms with Crippen molar-refractivity contribution in [1.82, 2.24) is 14.9 Å². The number of aromatic nitrogens is 2. The summed E-state index contributed by atoms with van der Waals surface area (Å²) in [5.41, 5.74) is 2.73. The highest BCUT2D eigenvalue weighted by atomic mass is 16.5. The van der Waals surface area contributed by atoms with E-state index in [9.17, 15) is 4.79 Å². The van der Waals surface area contributed by atoms with Gasteiger partial charge >= 0.3 is 0 Å². The predicted molar refractivity (Wildman–Crippen MR) is 110 cm³/mol. The molecule has 0 bridgehead atoms. The van der Waals surface area contributed by atoms with Gasteiger partial charge in [0.2, 0.25) is 5.91 Å². The SMILES string of the molecule is COc1ccc(CC(=O)N2CCC(Oc3cccnc3-c3ccncc3)C2)cc1. The number of carbonyl (C=O) groups is 1. The number of pyridine rings is 2. The second kappa shape index (κ2) is 8.73. The molecule has 0 aliphatic carbocycles. The van der Waals surface area contributed by atoms with Gasteiger partial charge in [-0.25, -0.2) is 0 Å². The van der Waals surface area contributed by atoms with Gasteiger partial charge in [-0.1, -0.05) is 12.1 Å². The molecule has 3 heterocycles. The predicted octanol–water partition coefficient (Wildman–Crippen LogP) is 3.37. The van der Waals surface area contributed by atoms with E-state index >= 15 is 0 Å². The maximum atomic E-state index is 12.7. The molecule has 1 saturated heterocycles. The van der Waals surface area contributed by atoms with Gasteiger partial charge in [-0.2, -0.15) is 0 Å².